The van der Waals surface area contributed by atoms with Crippen LogP contribution in [0.4, 0.5) is 11.5 Å². The molecule has 6 heteroatoms. The summed E-state index contributed by atoms with van der Waals surface area (Å²) in [5.41, 5.74) is 2.13. The van der Waals surface area contributed by atoms with Gasteiger partial charge in [0.05, 0.1) is 29.7 Å². The largest absolute Gasteiger partial charge is 0.466 e. The van der Waals surface area contributed by atoms with E-state index in [9.17, 15) is 4.79 Å². The standard InChI is InChI=1S/C19H25N3O3/c1-11-9-22(10-12(2)24-11)17-7-6-16(8-20-17)21-19(23)18-13(3)14(4)25-15(18)5/h6-8,11-12H,9-10H2,1-5H3,(H,21,23)/t11-,12-/m1/s1. The number of hydrogen-bond donors (Lipinski definition) is 1. The molecule has 0 radical (unpaired) electrons. The molecule has 0 bridgehead atoms. The highest BCUT2D eigenvalue weighted by atomic mass is 16.5. The minimum absolute atomic E-state index is 0.171. The lowest BCUT2D eigenvalue weighted by molar-refractivity contribution is -0.00545. The number of aryl methyl sites for hydroxylation is 2. The first kappa shape index (κ1) is 17.5. The average Bonchev–Trinajstić information content (AvgIpc) is 2.79. The minimum atomic E-state index is -0.171. The molecule has 2 aromatic heterocycles. The summed E-state index contributed by atoms with van der Waals surface area (Å²) >= 11 is 0. The monoisotopic (exact) mass is 343 g/mol. The molecule has 2 aromatic rings. The highest BCUT2D eigenvalue weighted by molar-refractivity contribution is 6.06. The van der Waals surface area contributed by atoms with E-state index in [1.807, 2.05) is 26.0 Å². The van der Waals surface area contributed by atoms with E-state index >= 15 is 0 Å². The number of anilines is 2. The highest BCUT2D eigenvalue weighted by Crippen LogP contribution is 2.23. The summed E-state index contributed by atoms with van der Waals surface area (Å²) < 4.78 is 11.3. The first-order valence-corrected chi connectivity index (χ1v) is 8.59. The van der Waals surface area contributed by atoms with Crippen molar-refractivity contribution in [1.29, 1.82) is 0 Å². The summed E-state index contributed by atoms with van der Waals surface area (Å²) in [5, 5.41) is 2.90. The van der Waals surface area contributed by atoms with Crippen molar-refractivity contribution in [1.82, 2.24) is 4.98 Å². The molecule has 1 N–H and O–H groups in total. The maximum absolute atomic E-state index is 12.5. The lowest BCUT2D eigenvalue weighted by Crippen LogP contribution is -2.45. The SMILES string of the molecule is Cc1oc(C)c(C(=O)Nc2ccc(N3C[C@@H](C)O[C@H](C)C3)nc2)c1C. The molecule has 6 nitrogen and oxygen atoms in total. The summed E-state index contributed by atoms with van der Waals surface area (Å²) in [6, 6.07) is 3.81. The summed E-state index contributed by atoms with van der Waals surface area (Å²) in [4.78, 5) is 19.2. The van der Waals surface area contributed by atoms with Crippen LogP contribution in [0.25, 0.3) is 0 Å². The van der Waals surface area contributed by atoms with Gasteiger partial charge in [-0.05, 0) is 46.8 Å². The quantitative estimate of drug-likeness (QED) is 0.924. The fourth-order valence-electron chi connectivity index (χ4n) is 3.33. The van der Waals surface area contributed by atoms with E-state index in [1.165, 1.54) is 0 Å². The molecule has 1 fully saturated rings. The number of carbonyl (C=O) groups is 1. The Morgan fingerprint density at radius 1 is 1.16 bits per heavy atom. The van der Waals surface area contributed by atoms with E-state index in [0.717, 1.165) is 30.2 Å². The van der Waals surface area contributed by atoms with E-state index in [1.54, 1.807) is 13.1 Å². The number of aromatic nitrogens is 1. The molecular formula is C19H25N3O3. The topological polar surface area (TPSA) is 67.6 Å². The first-order chi connectivity index (χ1) is 11.8. The molecule has 1 aliphatic rings. The van der Waals surface area contributed by atoms with Crippen molar-refractivity contribution in [2.24, 2.45) is 0 Å². The zero-order chi connectivity index (χ0) is 18.1. The zero-order valence-electron chi connectivity index (χ0n) is 15.4. The van der Waals surface area contributed by atoms with E-state index in [0.29, 0.717) is 17.0 Å². The molecule has 1 amide bonds. The molecule has 0 unspecified atom stereocenters. The molecule has 0 spiro atoms. The molecule has 0 saturated carbocycles. The lowest BCUT2D eigenvalue weighted by atomic mass is 10.1. The number of rotatable bonds is 3. The number of nitrogens with zero attached hydrogens (tertiary/aromatic N) is 2. The molecule has 25 heavy (non-hydrogen) atoms. The van der Waals surface area contributed by atoms with E-state index in [-0.39, 0.29) is 18.1 Å². The maximum atomic E-state index is 12.5. The van der Waals surface area contributed by atoms with Gasteiger partial charge in [-0.2, -0.15) is 0 Å². The number of amides is 1. The van der Waals surface area contributed by atoms with Gasteiger partial charge < -0.3 is 19.4 Å². The van der Waals surface area contributed by atoms with Crippen molar-refractivity contribution >= 4 is 17.4 Å². The third-order valence-corrected chi connectivity index (χ3v) is 4.54. The molecule has 134 valence electrons. The number of furan rings is 1. The molecule has 3 heterocycles. The maximum Gasteiger partial charge on any atom is 0.259 e. The Morgan fingerprint density at radius 3 is 2.36 bits per heavy atom. The smallest absolute Gasteiger partial charge is 0.259 e. The van der Waals surface area contributed by atoms with Crippen LogP contribution in [0.1, 0.15) is 41.3 Å². The van der Waals surface area contributed by atoms with Gasteiger partial charge in [-0.3, -0.25) is 4.79 Å². The van der Waals surface area contributed by atoms with Crippen LogP contribution in [0, 0.1) is 20.8 Å². The van der Waals surface area contributed by atoms with Crippen LogP contribution < -0.4 is 10.2 Å². The highest BCUT2D eigenvalue weighted by Gasteiger charge is 2.23. The second kappa shape index (κ2) is 6.88. The average molecular weight is 343 g/mol. The van der Waals surface area contributed by atoms with Gasteiger partial charge in [0.2, 0.25) is 0 Å². The van der Waals surface area contributed by atoms with Crippen molar-refractivity contribution < 1.29 is 13.9 Å². The van der Waals surface area contributed by atoms with Crippen molar-refractivity contribution in [3.05, 3.63) is 41.0 Å². The summed E-state index contributed by atoms with van der Waals surface area (Å²) in [7, 11) is 0. The third-order valence-electron chi connectivity index (χ3n) is 4.54. The molecule has 1 saturated heterocycles. The molecule has 0 aliphatic carbocycles. The first-order valence-electron chi connectivity index (χ1n) is 8.59. The second-order valence-electron chi connectivity index (χ2n) is 6.74. The number of carbonyl (C=O) groups excluding carboxylic acids is 1. The fourth-order valence-corrected chi connectivity index (χ4v) is 3.33. The van der Waals surface area contributed by atoms with Crippen LogP contribution in [-0.4, -0.2) is 36.2 Å². The van der Waals surface area contributed by atoms with Gasteiger partial charge >= 0.3 is 0 Å². The Morgan fingerprint density at radius 2 is 1.84 bits per heavy atom. The molecule has 0 aromatic carbocycles. The second-order valence-corrected chi connectivity index (χ2v) is 6.74. The Kier molecular flexibility index (Phi) is 4.81. The van der Waals surface area contributed by atoms with Crippen molar-refractivity contribution in [3.63, 3.8) is 0 Å². The summed E-state index contributed by atoms with van der Waals surface area (Å²) in [6.07, 6.45) is 2.05. The van der Waals surface area contributed by atoms with Gasteiger partial charge in [-0.15, -0.1) is 0 Å². The predicted octanol–water partition coefficient (Wildman–Crippen LogP) is 3.47. The van der Waals surface area contributed by atoms with Gasteiger partial charge in [0.15, 0.2) is 0 Å². The number of pyridine rings is 1. The molecule has 2 atom stereocenters. The van der Waals surface area contributed by atoms with Gasteiger partial charge in [0.1, 0.15) is 17.3 Å². The normalized spacial score (nSPS) is 20.6. The van der Waals surface area contributed by atoms with E-state index in [2.05, 4.69) is 29.0 Å². The Bertz CT molecular complexity index is 757. The van der Waals surface area contributed by atoms with Crippen LogP contribution in [0.3, 0.4) is 0 Å². The van der Waals surface area contributed by atoms with E-state index < -0.39 is 0 Å². The third kappa shape index (κ3) is 3.69. The van der Waals surface area contributed by atoms with Crippen LogP contribution in [0.2, 0.25) is 0 Å². The molecule has 1 aliphatic heterocycles. The van der Waals surface area contributed by atoms with Crippen LogP contribution in [0.5, 0.6) is 0 Å². The Labute approximate surface area is 148 Å². The predicted molar refractivity (Wildman–Crippen MR) is 97.3 cm³/mol. The van der Waals surface area contributed by atoms with Gasteiger partial charge in [0, 0.05) is 18.7 Å². The van der Waals surface area contributed by atoms with Gasteiger partial charge in [-0.25, -0.2) is 4.98 Å². The number of nitrogens with one attached hydrogen (secondary N) is 1. The summed E-state index contributed by atoms with van der Waals surface area (Å²) in [6.45, 7) is 11.3. The Hall–Kier alpha value is -2.34. The van der Waals surface area contributed by atoms with Gasteiger partial charge in [-0.1, -0.05) is 0 Å². The van der Waals surface area contributed by atoms with Crippen molar-refractivity contribution in [2.45, 2.75) is 46.8 Å². The van der Waals surface area contributed by atoms with Crippen molar-refractivity contribution in [3.8, 4) is 0 Å². The van der Waals surface area contributed by atoms with Crippen LogP contribution in [-0.2, 0) is 4.74 Å². The number of hydrogen-bond acceptors (Lipinski definition) is 5. The van der Waals surface area contributed by atoms with E-state index in [4.69, 9.17) is 9.15 Å². The number of morpholine rings is 1. The fraction of sp³-hybridized carbons (Fsp3) is 0.474. The summed E-state index contributed by atoms with van der Waals surface area (Å²) in [5.74, 6) is 2.13. The molecule has 3 rings (SSSR count). The number of ether oxygens (including phenoxy) is 1. The zero-order valence-corrected chi connectivity index (χ0v) is 15.4. The van der Waals surface area contributed by atoms with Crippen molar-refractivity contribution in [2.75, 3.05) is 23.3 Å². The van der Waals surface area contributed by atoms with Crippen LogP contribution in [0.15, 0.2) is 22.7 Å². The molecular weight excluding hydrogens is 318 g/mol. The Balaban J connectivity index is 1.71. The minimum Gasteiger partial charge on any atom is -0.466 e. The van der Waals surface area contributed by atoms with Gasteiger partial charge in [0.25, 0.3) is 5.91 Å². The lowest BCUT2D eigenvalue weighted by Gasteiger charge is -2.36. The van der Waals surface area contributed by atoms with Crippen LogP contribution >= 0.6 is 0 Å².